The molecular formula is C6H10O5. The summed E-state index contributed by atoms with van der Waals surface area (Å²) in [6.45, 7) is 1.87. The van der Waals surface area contributed by atoms with Gasteiger partial charge in [0.25, 0.3) is 0 Å². The minimum atomic E-state index is -0.652. The topological polar surface area (TPSA) is 65.0 Å². The summed E-state index contributed by atoms with van der Waals surface area (Å²) in [6.07, 6.45) is -0.753. The predicted molar refractivity (Wildman–Crippen MR) is 34.0 cm³/mol. The van der Waals surface area contributed by atoms with Crippen LogP contribution in [0.25, 0.3) is 0 Å². The first kappa shape index (κ1) is 8.29. The lowest BCUT2D eigenvalue weighted by Gasteiger charge is -2.08. The van der Waals surface area contributed by atoms with Gasteiger partial charge in [0.15, 0.2) is 0 Å². The van der Waals surface area contributed by atoms with Crippen LogP contribution in [-0.4, -0.2) is 30.2 Å². The fourth-order valence-corrected chi connectivity index (χ4v) is 0.937. The second-order valence-corrected chi connectivity index (χ2v) is 2.35. The molecule has 1 N–H and O–H groups in total. The highest BCUT2D eigenvalue weighted by Crippen LogP contribution is 2.17. The molecule has 1 saturated heterocycles. The first-order chi connectivity index (χ1) is 5.24. The standard InChI is InChI=1S/C6H10O5/c1-4-5(2-3-9-8)11-6(7)10-4/h4-5,8H,2-3H2,1H3. The van der Waals surface area contributed by atoms with Gasteiger partial charge in [-0.15, -0.1) is 0 Å². The van der Waals surface area contributed by atoms with E-state index >= 15 is 0 Å². The van der Waals surface area contributed by atoms with Crippen LogP contribution >= 0.6 is 0 Å². The number of ether oxygens (including phenoxy) is 2. The summed E-state index contributed by atoms with van der Waals surface area (Å²) < 4.78 is 9.40. The summed E-state index contributed by atoms with van der Waals surface area (Å²) in [5.41, 5.74) is 0. The van der Waals surface area contributed by atoms with Crippen molar-refractivity contribution in [2.24, 2.45) is 0 Å². The second kappa shape index (κ2) is 3.54. The summed E-state index contributed by atoms with van der Waals surface area (Å²) in [5.74, 6) is 0. The molecule has 0 saturated carbocycles. The molecule has 0 aromatic rings. The average molecular weight is 162 g/mol. The molecule has 5 nitrogen and oxygen atoms in total. The van der Waals surface area contributed by atoms with E-state index < -0.39 is 6.16 Å². The normalized spacial score (nSPS) is 29.8. The average Bonchev–Trinajstić information content (AvgIpc) is 2.26. The Morgan fingerprint density at radius 3 is 2.82 bits per heavy atom. The van der Waals surface area contributed by atoms with Crippen molar-refractivity contribution in [3.8, 4) is 0 Å². The molecule has 1 fully saturated rings. The van der Waals surface area contributed by atoms with Gasteiger partial charge < -0.3 is 9.47 Å². The van der Waals surface area contributed by atoms with Crippen LogP contribution in [0, 0.1) is 0 Å². The Hall–Kier alpha value is -0.810. The van der Waals surface area contributed by atoms with Gasteiger partial charge in [0.05, 0.1) is 6.61 Å². The maximum Gasteiger partial charge on any atom is 0.509 e. The van der Waals surface area contributed by atoms with Gasteiger partial charge in [-0.1, -0.05) is 0 Å². The van der Waals surface area contributed by atoms with Crippen LogP contribution in [0.15, 0.2) is 0 Å². The van der Waals surface area contributed by atoms with Gasteiger partial charge in [-0.05, 0) is 6.92 Å². The lowest BCUT2D eigenvalue weighted by atomic mass is 10.2. The second-order valence-electron chi connectivity index (χ2n) is 2.35. The van der Waals surface area contributed by atoms with Gasteiger partial charge in [0, 0.05) is 6.42 Å². The van der Waals surface area contributed by atoms with E-state index in [2.05, 4.69) is 9.62 Å². The Bertz CT molecular complexity index is 146. The number of carbonyl (C=O) groups excluding carboxylic acids is 1. The highest BCUT2D eigenvalue weighted by Gasteiger charge is 2.32. The number of rotatable bonds is 3. The van der Waals surface area contributed by atoms with Crippen molar-refractivity contribution in [1.29, 1.82) is 0 Å². The molecule has 0 aromatic carbocycles. The van der Waals surface area contributed by atoms with Crippen LogP contribution < -0.4 is 0 Å². The molecule has 1 aliphatic heterocycles. The van der Waals surface area contributed by atoms with E-state index in [4.69, 9.17) is 9.99 Å². The van der Waals surface area contributed by atoms with E-state index in [0.29, 0.717) is 6.42 Å². The Morgan fingerprint density at radius 2 is 2.36 bits per heavy atom. The van der Waals surface area contributed by atoms with E-state index in [1.54, 1.807) is 6.92 Å². The maximum atomic E-state index is 10.5. The number of hydrogen-bond donors (Lipinski definition) is 1. The first-order valence-corrected chi connectivity index (χ1v) is 3.37. The van der Waals surface area contributed by atoms with Crippen LogP contribution in [0.2, 0.25) is 0 Å². The Morgan fingerprint density at radius 1 is 1.64 bits per heavy atom. The molecule has 1 aliphatic rings. The molecule has 64 valence electrons. The summed E-state index contributed by atoms with van der Waals surface area (Å²) >= 11 is 0. The third-order valence-corrected chi connectivity index (χ3v) is 1.55. The third-order valence-electron chi connectivity index (χ3n) is 1.55. The molecule has 0 spiro atoms. The zero-order valence-electron chi connectivity index (χ0n) is 6.15. The largest absolute Gasteiger partial charge is 0.509 e. The zero-order valence-corrected chi connectivity index (χ0v) is 6.15. The van der Waals surface area contributed by atoms with Crippen LogP contribution in [0.3, 0.4) is 0 Å². The molecule has 2 unspecified atom stereocenters. The first-order valence-electron chi connectivity index (χ1n) is 3.37. The molecule has 11 heavy (non-hydrogen) atoms. The van der Waals surface area contributed by atoms with Crippen molar-refractivity contribution < 1.29 is 24.4 Å². The number of cyclic esters (lactones) is 2. The summed E-state index contributed by atoms with van der Waals surface area (Å²) in [5, 5.41) is 8.00. The van der Waals surface area contributed by atoms with Gasteiger partial charge >= 0.3 is 6.16 Å². The van der Waals surface area contributed by atoms with E-state index in [9.17, 15) is 4.79 Å². The summed E-state index contributed by atoms with van der Waals surface area (Å²) in [7, 11) is 0. The molecule has 1 heterocycles. The van der Waals surface area contributed by atoms with E-state index in [1.165, 1.54) is 0 Å². The van der Waals surface area contributed by atoms with Crippen molar-refractivity contribution in [2.45, 2.75) is 25.6 Å². The number of carbonyl (C=O) groups is 1. The van der Waals surface area contributed by atoms with Crippen molar-refractivity contribution in [3.05, 3.63) is 0 Å². The predicted octanol–water partition coefficient (Wildman–Crippen LogP) is 0.790. The minimum absolute atomic E-state index is 0.144. The molecule has 0 amide bonds. The monoisotopic (exact) mass is 162 g/mol. The van der Waals surface area contributed by atoms with Crippen molar-refractivity contribution >= 4 is 6.16 Å². The highest BCUT2D eigenvalue weighted by atomic mass is 17.1. The van der Waals surface area contributed by atoms with Gasteiger partial charge in [0.2, 0.25) is 0 Å². The van der Waals surface area contributed by atoms with E-state index in [1.807, 2.05) is 0 Å². The van der Waals surface area contributed by atoms with Crippen LogP contribution in [0.5, 0.6) is 0 Å². The molecule has 1 rings (SSSR count). The molecule has 0 radical (unpaired) electrons. The SMILES string of the molecule is CC1OC(=O)OC1CCOO. The van der Waals surface area contributed by atoms with Crippen LogP contribution in [0.4, 0.5) is 4.79 Å². The van der Waals surface area contributed by atoms with E-state index in [0.717, 1.165) is 0 Å². The van der Waals surface area contributed by atoms with E-state index in [-0.39, 0.29) is 18.8 Å². The fourth-order valence-electron chi connectivity index (χ4n) is 0.937. The minimum Gasteiger partial charge on any atom is -0.427 e. The molecule has 0 bridgehead atoms. The quantitative estimate of drug-likeness (QED) is 0.377. The molecular weight excluding hydrogens is 152 g/mol. The number of hydrogen-bond acceptors (Lipinski definition) is 5. The van der Waals surface area contributed by atoms with Crippen molar-refractivity contribution in [3.63, 3.8) is 0 Å². The fraction of sp³-hybridized carbons (Fsp3) is 0.833. The van der Waals surface area contributed by atoms with Crippen molar-refractivity contribution in [2.75, 3.05) is 6.61 Å². The lowest BCUT2D eigenvalue weighted by Crippen LogP contribution is -2.20. The zero-order chi connectivity index (χ0) is 8.27. The van der Waals surface area contributed by atoms with Crippen LogP contribution in [-0.2, 0) is 14.4 Å². The molecule has 2 atom stereocenters. The van der Waals surface area contributed by atoms with Gasteiger partial charge in [0.1, 0.15) is 12.2 Å². The Labute approximate surface area is 63.8 Å². The van der Waals surface area contributed by atoms with Crippen molar-refractivity contribution in [1.82, 2.24) is 0 Å². The summed E-state index contributed by atoms with van der Waals surface area (Å²) in [6, 6.07) is 0. The summed E-state index contributed by atoms with van der Waals surface area (Å²) in [4.78, 5) is 14.3. The van der Waals surface area contributed by atoms with Gasteiger partial charge in [-0.25, -0.2) is 9.68 Å². The van der Waals surface area contributed by atoms with Crippen LogP contribution in [0.1, 0.15) is 13.3 Å². The van der Waals surface area contributed by atoms with Gasteiger partial charge in [-0.3, -0.25) is 5.26 Å². The molecule has 0 aromatic heterocycles. The maximum absolute atomic E-state index is 10.5. The third kappa shape index (κ3) is 2.06. The Balaban J connectivity index is 2.28. The smallest absolute Gasteiger partial charge is 0.427 e. The Kier molecular flexibility index (Phi) is 2.67. The molecule has 5 heteroatoms. The molecule has 0 aliphatic carbocycles. The van der Waals surface area contributed by atoms with Gasteiger partial charge in [-0.2, -0.15) is 0 Å². The highest BCUT2D eigenvalue weighted by molar-refractivity contribution is 5.62. The lowest BCUT2D eigenvalue weighted by molar-refractivity contribution is -0.245.